The first-order valence-corrected chi connectivity index (χ1v) is 2.62. The average molecular weight is 145 g/mol. The number of hydrogen-bond donors (Lipinski definition) is 1. The maximum Gasteiger partial charge on any atom is 0.126 e. The molecule has 0 saturated heterocycles. The van der Waals surface area contributed by atoms with Crippen molar-refractivity contribution in [2.45, 2.75) is 33.8 Å². The van der Waals surface area contributed by atoms with Crippen molar-refractivity contribution in [3.05, 3.63) is 0 Å². The molecule has 0 fully saturated rings. The molecular weight excluding hydrogens is 131 g/mol. The average Bonchev–Trinajstić information content (AvgIpc) is 1.25. The molecule has 53 valence electrons. The highest BCUT2D eigenvalue weighted by molar-refractivity contribution is 5.75. The van der Waals surface area contributed by atoms with Crippen molar-refractivity contribution < 1.29 is 9.90 Å². The molecule has 0 bridgehead atoms. The highest BCUT2D eigenvalue weighted by Gasteiger charge is 1.69. The summed E-state index contributed by atoms with van der Waals surface area (Å²) in [6.45, 7) is 6.50. The maximum atomic E-state index is 9.44. The van der Waals surface area contributed by atoms with E-state index in [9.17, 15) is 4.79 Å². The molecule has 0 aromatic rings. The normalized spacial score (nSPS) is 6.89. The molecule has 0 aliphatic rings. The number of aliphatic hydroxyl groups excluding tert-OH is 1. The van der Waals surface area contributed by atoms with Crippen molar-refractivity contribution in [1.82, 2.24) is 0 Å². The molecule has 0 unspecified atom stereocenters. The minimum absolute atomic E-state index is 0. The summed E-state index contributed by atoms with van der Waals surface area (Å²) in [5.74, 6) is 0.167. The summed E-state index contributed by atoms with van der Waals surface area (Å²) < 4.78 is 0. The van der Waals surface area contributed by atoms with Crippen molar-refractivity contribution in [2.24, 2.45) is 0 Å². The van der Waals surface area contributed by atoms with Crippen LogP contribution >= 0.6 is 0 Å². The summed E-state index contributed by atoms with van der Waals surface area (Å²) in [7, 11) is 0. The van der Waals surface area contributed by atoms with Crippen molar-refractivity contribution in [1.29, 1.82) is 0 Å². The molecule has 0 aliphatic carbocycles. The number of Topliss-reactive ketones (excluding diaryl/α,β-unsaturated/α-hetero) is 1. The Morgan fingerprint density at radius 3 is 1.33 bits per heavy atom. The molecule has 0 aromatic heterocycles. The maximum absolute atomic E-state index is 9.44. The summed E-state index contributed by atoms with van der Waals surface area (Å²) in [6.07, 6.45) is -0.167. The summed E-state index contributed by atoms with van der Waals surface area (Å²) in [5, 5.41) is 8.06. The number of ketones is 1. The van der Waals surface area contributed by atoms with Gasteiger partial charge in [-0.05, 0) is 27.7 Å². The molecule has 0 atom stereocenters. The van der Waals surface area contributed by atoms with Crippen molar-refractivity contribution in [3.63, 3.8) is 0 Å². The lowest BCUT2D eigenvalue weighted by molar-refractivity contribution is -0.114. The SMILES string of the molecule is CC(C)=O.CC(C)O.[Al]. The Bertz CT molecular complexity index is 55.3. The predicted octanol–water partition coefficient (Wildman–Crippen LogP) is 0.602. The monoisotopic (exact) mass is 145 g/mol. The van der Waals surface area contributed by atoms with E-state index < -0.39 is 0 Å². The number of hydrogen-bond acceptors (Lipinski definition) is 2. The van der Waals surface area contributed by atoms with Gasteiger partial charge in [-0.2, -0.15) is 0 Å². The third-order valence-corrected chi connectivity index (χ3v) is 0. The van der Waals surface area contributed by atoms with Gasteiger partial charge in [0.25, 0.3) is 0 Å². The quantitative estimate of drug-likeness (QED) is 0.507. The first-order chi connectivity index (χ1) is 3.46. The first kappa shape index (κ1) is 16.1. The highest BCUT2D eigenvalue weighted by atomic mass is 27.0. The minimum atomic E-state index is -0.167. The van der Waals surface area contributed by atoms with E-state index in [1.165, 1.54) is 13.8 Å². The van der Waals surface area contributed by atoms with Crippen LogP contribution in [0.4, 0.5) is 0 Å². The fourth-order valence-electron chi connectivity index (χ4n) is 0. The Kier molecular flexibility index (Phi) is 19.7. The predicted molar refractivity (Wildman–Crippen MR) is 39.5 cm³/mol. The summed E-state index contributed by atoms with van der Waals surface area (Å²) in [6, 6.07) is 0. The zero-order chi connectivity index (χ0) is 7.15. The lowest BCUT2D eigenvalue weighted by atomic mass is 10.5. The van der Waals surface area contributed by atoms with Crippen molar-refractivity contribution in [3.8, 4) is 0 Å². The van der Waals surface area contributed by atoms with Gasteiger partial charge in [0, 0.05) is 23.5 Å². The molecule has 3 heteroatoms. The molecule has 0 aliphatic heterocycles. The van der Waals surface area contributed by atoms with E-state index in [0.29, 0.717) is 0 Å². The summed E-state index contributed by atoms with van der Waals surface area (Å²) in [4.78, 5) is 9.44. The van der Waals surface area contributed by atoms with Gasteiger partial charge in [-0.3, -0.25) is 0 Å². The third-order valence-electron chi connectivity index (χ3n) is 0. The molecule has 2 nitrogen and oxygen atoms in total. The Morgan fingerprint density at radius 1 is 1.33 bits per heavy atom. The molecule has 3 radical (unpaired) electrons. The van der Waals surface area contributed by atoms with Gasteiger partial charge in [0.05, 0.1) is 0 Å². The number of rotatable bonds is 0. The van der Waals surface area contributed by atoms with Crippen LogP contribution in [0.25, 0.3) is 0 Å². The van der Waals surface area contributed by atoms with Gasteiger partial charge in [0.2, 0.25) is 0 Å². The zero-order valence-corrected chi connectivity index (χ0v) is 7.66. The standard InChI is InChI=1S/C3H8O.C3H6O.Al/c2*1-3(2)4;/h3-4H,1-2H3;1-2H3;. The Hall–Kier alpha value is 0.162. The van der Waals surface area contributed by atoms with Crippen LogP contribution < -0.4 is 0 Å². The first-order valence-electron chi connectivity index (χ1n) is 2.62. The second-order valence-corrected chi connectivity index (χ2v) is 2.00. The van der Waals surface area contributed by atoms with Crippen LogP contribution in [0.2, 0.25) is 0 Å². The van der Waals surface area contributed by atoms with Crippen LogP contribution in [0, 0.1) is 0 Å². The number of aliphatic hydroxyl groups is 1. The van der Waals surface area contributed by atoms with E-state index in [0.717, 1.165) is 0 Å². The molecule has 1 N–H and O–H groups in total. The Balaban J connectivity index is -0.0000000720. The van der Waals surface area contributed by atoms with E-state index in [1.807, 2.05) is 0 Å². The minimum Gasteiger partial charge on any atom is -0.394 e. The largest absolute Gasteiger partial charge is 0.394 e. The van der Waals surface area contributed by atoms with Crippen LogP contribution in [0.5, 0.6) is 0 Å². The van der Waals surface area contributed by atoms with Gasteiger partial charge in [0.15, 0.2) is 0 Å². The molecule has 0 aromatic carbocycles. The molecule has 0 amide bonds. The topological polar surface area (TPSA) is 37.3 Å². The van der Waals surface area contributed by atoms with Gasteiger partial charge < -0.3 is 9.90 Å². The third kappa shape index (κ3) is 11700. The lowest BCUT2D eigenvalue weighted by Gasteiger charge is -1.80. The van der Waals surface area contributed by atoms with Crippen LogP contribution in [0.15, 0.2) is 0 Å². The fraction of sp³-hybridized carbons (Fsp3) is 0.833. The van der Waals surface area contributed by atoms with E-state index in [-0.39, 0.29) is 29.2 Å². The number of carbonyl (C=O) groups is 1. The van der Waals surface area contributed by atoms with Gasteiger partial charge in [-0.1, -0.05) is 0 Å². The Labute approximate surface area is 67.4 Å². The molecule has 0 heterocycles. The van der Waals surface area contributed by atoms with Crippen LogP contribution in [-0.4, -0.2) is 34.4 Å². The zero-order valence-electron chi connectivity index (χ0n) is 6.51. The molecule has 9 heavy (non-hydrogen) atoms. The summed E-state index contributed by atoms with van der Waals surface area (Å²) in [5.41, 5.74) is 0. The van der Waals surface area contributed by atoms with Gasteiger partial charge >= 0.3 is 0 Å². The van der Waals surface area contributed by atoms with Gasteiger partial charge in [-0.25, -0.2) is 0 Å². The second kappa shape index (κ2) is 11.0. The van der Waals surface area contributed by atoms with E-state index in [2.05, 4.69) is 0 Å². The second-order valence-electron chi connectivity index (χ2n) is 2.00. The van der Waals surface area contributed by atoms with E-state index in [4.69, 9.17) is 5.11 Å². The highest BCUT2D eigenvalue weighted by Crippen LogP contribution is 1.65. The molecule has 0 rings (SSSR count). The van der Waals surface area contributed by atoms with Crippen LogP contribution in [0.1, 0.15) is 27.7 Å². The van der Waals surface area contributed by atoms with Crippen LogP contribution in [-0.2, 0) is 4.79 Å². The van der Waals surface area contributed by atoms with E-state index >= 15 is 0 Å². The Morgan fingerprint density at radius 2 is 1.33 bits per heavy atom. The van der Waals surface area contributed by atoms with Crippen LogP contribution in [0.3, 0.4) is 0 Å². The summed E-state index contributed by atoms with van der Waals surface area (Å²) >= 11 is 0. The molecule has 0 spiro atoms. The van der Waals surface area contributed by atoms with E-state index in [1.54, 1.807) is 13.8 Å². The fourth-order valence-corrected chi connectivity index (χ4v) is 0. The molecular formula is C6H14AlO2. The van der Waals surface area contributed by atoms with Crippen molar-refractivity contribution >= 4 is 23.1 Å². The molecule has 0 saturated carbocycles. The lowest BCUT2D eigenvalue weighted by Crippen LogP contribution is -1.85. The van der Waals surface area contributed by atoms with Gasteiger partial charge in [-0.15, -0.1) is 0 Å². The van der Waals surface area contributed by atoms with Gasteiger partial charge in [0.1, 0.15) is 5.78 Å². The van der Waals surface area contributed by atoms with Crippen molar-refractivity contribution in [2.75, 3.05) is 0 Å². The smallest absolute Gasteiger partial charge is 0.126 e. The number of carbonyl (C=O) groups excluding carboxylic acids is 1.